The minimum Gasteiger partial charge on any atom is -0.504 e. The Morgan fingerprint density at radius 1 is 1.15 bits per heavy atom. The molecule has 26 heavy (non-hydrogen) atoms. The van der Waals surface area contributed by atoms with E-state index in [-0.39, 0.29) is 17.4 Å². The Labute approximate surface area is 152 Å². The topological polar surface area (TPSA) is 75.1 Å². The van der Waals surface area contributed by atoms with Crippen LogP contribution >= 0.6 is 0 Å². The van der Waals surface area contributed by atoms with Crippen LogP contribution in [0.3, 0.4) is 0 Å². The third-order valence-electron chi connectivity index (χ3n) is 5.07. The van der Waals surface area contributed by atoms with Gasteiger partial charge in [-0.2, -0.15) is 0 Å². The second kappa shape index (κ2) is 7.12. The van der Waals surface area contributed by atoms with E-state index in [0.717, 1.165) is 25.7 Å². The van der Waals surface area contributed by atoms with E-state index in [1.807, 2.05) is 0 Å². The van der Waals surface area contributed by atoms with E-state index in [1.165, 1.54) is 11.1 Å². The van der Waals surface area contributed by atoms with E-state index in [1.54, 1.807) is 24.5 Å². The molecule has 1 unspecified atom stereocenters. The fourth-order valence-corrected chi connectivity index (χ4v) is 3.68. The SMILES string of the molecule is O=C(NCC1CCCc2ccccc2C1)c1ncc2cccnc2c1O. The maximum Gasteiger partial charge on any atom is 0.273 e. The zero-order valence-corrected chi connectivity index (χ0v) is 14.5. The molecule has 0 saturated heterocycles. The zero-order valence-electron chi connectivity index (χ0n) is 14.5. The summed E-state index contributed by atoms with van der Waals surface area (Å²) in [6.07, 6.45) is 7.43. The molecular formula is C21H21N3O2. The van der Waals surface area contributed by atoms with Crippen LogP contribution in [-0.4, -0.2) is 27.5 Å². The predicted octanol–water partition coefficient (Wildman–Crippen LogP) is 3.26. The van der Waals surface area contributed by atoms with Gasteiger partial charge < -0.3 is 10.4 Å². The number of aryl methyl sites for hydroxylation is 1. The molecule has 2 aromatic heterocycles. The summed E-state index contributed by atoms with van der Waals surface area (Å²) in [5.74, 6) is -0.122. The Balaban J connectivity index is 1.47. The highest BCUT2D eigenvalue weighted by atomic mass is 16.3. The molecular weight excluding hydrogens is 326 g/mol. The number of benzene rings is 1. The monoisotopic (exact) mass is 347 g/mol. The van der Waals surface area contributed by atoms with E-state index in [4.69, 9.17) is 0 Å². The number of amides is 1. The van der Waals surface area contributed by atoms with Gasteiger partial charge in [0, 0.05) is 24.3 Å². The van der Waals surface area contributed by atoms with Crippen molar-refractivity contribution in [3.63, 3.8) is 0 Å². The van der Waals surface area contributed by atoms with Gasteiger partial charge in [0.25, 0.3) is 5.91 Å². The van der Waals surface area contributed by atoms with Gasteiger partial charge in [-0.1, -0.05) is 24.3 Å². The van der Waals surface area contributed by atoms with Crippen molar-refractivity contribution in [3.8, 4) is 5.75 Å². The summed E-state index contributed by atoms with van der Waals surface area (Å²) in [4.78, 5) is 20.8. The van der Waals surface area contributed by atoms with Crippen molar-refractivity contribution in [3.05, 3.63) is 65.6 Å². The zero-order chi connectivity index (χ0) is 17.9. The second-order valence-corrected chi connectivity index (χ2v) is 6.84. The lowest BCUT2D eigenvalue weighted by Crippen LogP contribution is -2.30. The molecule has 5 nitrogen and oxygen atoms in total. The fraction of sp³-hybridized carbons (Fsp3) is 0.286. The number of nitrogens with zero attached hydrogens (tertiary/aromatic N) is 2. The molecule has 1 aliphatic rings. The Bertz CT molecular complexity index is 955. The summed E-state index contributed by atoms with van der Waals surface area (Å²) in [6.45, 7) is 0.578. The summed E-state index contributed by atoms with van der Waals surface area (Å²) in [5, 5.41) is 14.0. The summed E-state index contributed by atoms with van der Waals surface area (Å²) < 4.78 is 0. The molecule has 1 aliphatic carbocycles. The molecule has 4 rings (SSSR count). The number of aromatic nitrogens is 2. The maximum atomic E-state index is 12.5. The quantitative estimate of drug-likeness (QED) is 0.713. The molecule has 132 valence electrons. The van der Waals surface area contributed by atoms with Crippen LogP contribution in [0.5, 0.6) is 5.75 Å². The molecule has 0 radical (unpaired) electrons. The first-order valence-corrected chi connectivity index (χ1v) is 9.00. The predicted molar refractivity (Wildman–Crippen MR) is 100 cm³/mol. The first kappa shape index (κ1) is 16.5. The maximum absolute atomic E-state index is 12.5. The van der Waals surface area contributed by atoms with Gasteiger partial charge in [-0.05, 0) is 54.9 Å². The van der Waals surface area contributed by atoms with Crippen LogP contribution in [-0.2, 0) is 12.8 Å². The number of hydrogen-bond donors (Lipinski definition) is 2. The molecule has 1 aromatic carbocycles. The molecule has 1 atom stereocenters. The Hall–Kier alpha value is -2.95. The number of carbonyl (C=O) groups is 1. The van der Waals surface area contributed by atoms with E-state index >= 15 is 0 Å². The lowest BCUT2D eigenvalue weighted by atomic mass is 9.97. The van der Waals surface area contributed by atoms with Crippen LogP contribution < -0.4 is 5.32 Å². The van der Waals surface area contributed by atoms with Crippen LogP contribution in [0.1, 0.15) is 34.5 Å². The Kier molecular flexibility index (Phi) is 4.52. The molecule has 2 heterocycles. The third-order valence-corrected chi connectivity index (χ3v) is 5.07. The number of fused-ring (bicyclic) bond motifs is 2. The van der Waals surface area contributed by atoms with Crippen molar-refractivity contribution >= 4 is 16.8 Å². The average molecular weight is 347 g/mol. The van der Waals surface area contributed by atoms with Crippen LogP contribution in [0.2, 0.25) is 0 Å². The number of carbonyl (C=O) groups excluding carboxylic acids is 1. The summed E-state index contributed by atoms with van der Waals surface area (Å²) in [7, 11) is 0. The van der Waals surface area contributed by atoms with Gasteiger partial charge in [-0.25, -0.2) is 4.98 Å². The van der Waals surface area contributed by atoms with Crippen molar-refractivity contribution in [2.45, 2.75) is 25.7 Å². The van der Waals surface area contributed by atoms with Gasteiger partial charge in [0.2, 0.25) is 0 Å². The number of nitrogens with one attached hydrogen (secondary N) is 1. The fourth-order valence-electron chi connectivity index (χ4n) is 3.68. The number of rotatable bonds is 3. The molecule has 0 bridgehead atoms. The standard InChI is InChI=1S/C21H21N3O2/c25-20-18-17(9-4-10-22-18)13-23-19(20)21(26)24-12-14-5-3-8-15-6-1-2-7-16(15)11-14/h1-2,4,6-7,9-10,13-14,25H,3,5,8,11-12H2,(H,24,26). The smallest absolute Gasteiger partial charge is 0.273 e. The highest BCUT2D eigenvalue weighted by molar-refractivity contribution is 6.00. The highest BCUT2D eigenvalue weighted by Gasteiger charge is 2.20. The molecule has 3 aromatic rings. The lowest BCUT2D eigenvalue weighted by Gasteiger charge is -2.16. The van der Waals surface area contributed by atoms with Gasteiger partial charge in [0.15, 0.2) is 11.4 Å². The van der Waals surface area contributed by atoms with Crippen molar-refractivity contribution in [1.82, 2.24) is 15.3 Å². The Morgan fingerprint density at radius 2 is 2.00 bits per heavy atom. The summed E-state index contributed by atoms with van der Waals surface area (Å²) in [5.41, 5.74) is 3.22. The molecule has 1 amide bonds. The minimum absolute atomic E-state index is 0.0326. The minimum atomic E-state index is -0.354. The van der Waals surface area contributed by atoms with Crippen molar-refractivity contribution in [1.29, 1.82) is 0 Å². The van der Waals surface area contributed by atoms with Crippen LogP contribution in [0.15, 0.2) is 48.8 Å². The van der Waals surface area contributed by atoms with E-state index in [2.05, 4.69) is 39.6 Å². The molecule has 0 saturated carbocycles. The molecule has 5 heteroatoms. The number of pyridine rings is 2. The van der Waals surface area contributed by atoms with E-state index < -0.39 is 0 Å². The summed E-state index contributed by atoms with van der Waals surface area (Å²) >= 11 is 0. The normalized spacial score (nSPS) is 16.7. The molecule has 0 spiro atoms. The van der Waals surface area contributed by atoms with Crippen LogP contribution in [0.25, 0.3) is 10.9 Å². The number of hydrogen-bond acceptors (Lipinski definition) is 4. The van der Waals surface area contributed by atoms with Crippen molar-refractivity contribution in [2.24, 2.45) is 5.92 Å². The van der Waals surface area contributed by atoms with Gasteiger partial charge in [0.05, 0.1) is 0 Å². The third kappa shape index (κ3) is 3.25. The average Bonchev–Trinajstić information content (AvgIpc) is 2.88. The van der Waals surface area contributed by atoms with Crippen LogP contribution in [0.4, 0.5) is 0 Å². The lowest BCUT2D eigenvalue weighted by molar-refractivity contribution is 0.0938. The number of aromatic hydroxyl groups is 1. The van der Waals surface area contributed by atoms with Gasteiger partial charge in [-0.15, -0.1) is 0 Å². The largest absolute Gasteiger partial charge is 0.504 e. The van der Waals surface area contributed by atoms with Gasteiger partial charge in [0.1, 0.15) is 5.52 Å². The van der Waals surface area contributed by atoms with E-state index in [9.17, 15) is 9.90 Å². The molecule has 0 fully saturated rings. The Morgan fingerprint density at radius 3 is 2.88 bits per heavy atom. The highest BCUT2D eigenvalue weighted by Crippen LogP contribution is 2.26. The second-order valence-electron chi connectivity index (χ2n) is 6.84. The van der Waals surface area contributed by atoms with E-state index in [0.29, 0.717) is 23.4 Å². The van der Waals surface area contributed by atoms with Gasteiger partial charge >= 0.3 is 0 Å². The van der Waals surface area contributed by atoms with Crippen molar-refractivity contribution in [2.75, 3.05) is 6.54 Å². The first-order valence-electron chi connectivity index (χ1n) is 9.00. The van der Waals surface area contributed by atoms with Crippen molar-refractivity contribution < 1.29 is 9.90 Å². The molecule has 0 aliphatic heterocycles. The van der Waals surface area contributed by atoms with Crippen LogP contribution in [0, 0.1) is 5.92 Å². The first-order chi connectivity index (χ1) is 12.7. The molecule has 2 N–H and O–H groups in total. The van der Waals surface area contributed by atoms with Gasteiger partial charge in [-0.3, -0.25) is 9.78 Å². The summed E-state index contributed by atoms with van der Waals surface area (Å²) in [6, 6.07) is 12.1.